The van der Waals surface area contributed by atoms with Gasteiger partial charge in [0, 0.05) is 0 Å². The van der Waals surface area contributed by atoms with Gasteiger partial charge in [-0.15, -0.1) is 0 Å². The molecule has 0 radical (unpaired) electrons. The van der Waals surface area contributed by atoms with Gasteiger partial charge < -0.3 is 20.4 Å². The Bertz CT molecular complexity index is 576. The lowest BCUT2D eigenvalue weighted by Crippen LogP contribution is -2.19. The van der Waals surface area contributed by atoms with Crippen LogP contribution in [-0.4, -0.2) is 44.8 Å². The van der Waals surface area contributed by atoms with Crippen molar-refractivity contribution in [1.82, 2.24) is 0 Å². The summed E-state index contributed by atoms with van der Waals surface area (Å²) in [4.78, 5) is 0. The quantitative estimate of drug-likeness (QED) is 0.416. The van der Waals surface area contributed by atoms with E-state index in [1.54, 1.807) is 0 Å². The summed E-state index contributed by atoms with van der Waals surface area (Å²) < 4.78 is 0. The second kappa shape index (κ2) is 16.0. The van der Waals surface area contributed by atoms with Crippen molar-refractivity contribution in [2.24, 2.45) is 0 Å². The molecule has 2 rings (SSSR count). The van der Waals surface area contributed by atoms with Crippen LogP contribution in [0.1, 0.15) is 63.5 Å². The van der Waals surface area contributed by atoms with Crippen molar-refractivity contribution in [3.05, 3.63) is 71.8 Å². The maximum Gasteiger partial charge on any atom is 0.0568 e. The fourth-order valence-corrected chi connectivity index (χ4v) is 3.15. The molecular formula is C26H40O4. The first-order valence-corrected chi connectivity index (χ1v) is 11.2. The first-order valence-electron chi connectivity index (χ1n) is 11.2. The summed E-state index contributed by atoms with van der Waals surface area (Å²) in [6.45, 7) is 3.82. The third-order valence-electron chi connectivity index (χ3n) is 5.25. The predicted octanol–water partition coefficient (Wildman–Crippen LogP) is 4.28. The first-order chi connectivity index (χ1) is 14.4. The minimum atomic E-state index is -0.434. The van der Waals surface area contributed by atoms with E-state index in [-0.39, 0.29) is 12.2 Å². The molecule has 168 valence electrons. The lowest BCUT2D eigenvalue weighted by atomic mass is 9.99. The number of rotatable bonds is 12. The van der Waals surface area contributed by atoms with E-state index in [9.17, 15) is 10.2 Å². The van der Waals surface area contributed by atoms with E-state index in [1.807, 2.05) is 50.2 Å². The largest absolute Gasteiger partial charge is 0.393 e. The summed E-state index contributed by atoms with van der Waals surface area (Å²) in [6, 6.07) is 20.3. The fraction of sp³-hybridized carbons (Fsp3) is 0.538. The molecule has 4 heteroatoms. The van der Waals surface area contributed by atoms with Crippen LogP contribution in [-0.2, 0) is 12.8 Å². The Labute approximate surface area is 182 Å². The van der Waals surface area contributed by atoms with Crippen molar-refractivity contribution >= 4 is 0 Å². The summed E-state index contributed by atoms with van der Waals surface area (Å²) >= 11 is 0. The van der Waals surface area contributed by atoms with E-state index in [0.29, 0.717) is 25.7 Å². The minimum absolute atomic E-state index is 0.319. The first kappa shape index (κ1) is 26.3. The van der Waals surface area contributed by atoms with Crippen LogP contribution in [0.2, 0.25) is 0 Å². The standard InChI is InChI=1S/C19H24O2.C7H16O2/c20-18(13-11-16-7-3-1-4-8-16)15-19(21)14-12-17-9-5-2-6-10-17;1-3-6(8)5-7(9)4-2/h1-10,18-21H,11-15H2;6-9H,3-5H2,1-2H3/t18-,19+;6-,7+. The van der Waals surface area contributed by atoms with Gasteiger partial charge in [0.25, 0.3) is 0 Å². The molecule has 4 nitrogen and oxygen atoms in total. The molecule has 0 bridgehead atoms. The van der Waals surface area contributed by atoms with Crippen LogP contribution < -0.4 is 0 Å². The smallest absolute Gasteiger partial charge is 0.0568 e. The molecule has 30 heavy (non-hydrogen) atoms. The number of aliphatic hydroxyl groups is 4. The van der Waals surface area contributed by atoms with E-state index in [4.69, 9.17) is 10.2 Å². The van der Waals surface area contributed by atoms with E-state index in [2.05, 4.69) is 24.3 Å². The molecule has 0 fully saturated rings. The SMILES string of the molecule is CC[C@@H](O)C[C@@H](O)CC.O[C@H](CCc1ccccc1)C[C@@H](O)CCc1ccccc1. The molecule has 0 amide bonds. The second-order valence-corrected chi connectivity index (χ2v) is 7.95. The zero-order valence-electron chi connectivity index (χ0n) is 18.5. The molecule has 2 aromatic rings. The van der Waals surface area contributed by atoms with Crippen molar-refractivity contribution in [2.75, 3.05) is 0 Å². The lowest BCUT2D eigenvalue weighted by Gasteiger charge is -2.15. The molecular weight excluding hydrogens is 376 g/mol. The fourth-order valence-electron chi connectivity index (χ4n) is 3.15. The maximum atomic E-state index is 10.0. The van der Waals surface area contributed by atoms with Crippen molar-refractivity contribution in [3.63, 3.8) is 0 Å². The molecule has 0 aliphatic carbocycles. The average molecular weight is 417 g/mol. The molecule has 0 unspecified atom stereocenters. The number of aryl methyl sites for hydroxylation is 2. The van der Waals surface area contributed by atoms with Crippen molar-refractivity contribution in [2.45, 2.75) is 89.6 Å². The molecule has 0 aromatic heterocycles. The highest BCUT2D eigenvalue weighted by Gasteiger charge is 2.12. The number of aliphatic hydroxyl groups excluding tert-OH is 4. The Balaban J connectivity index is 0.000000424. The summed E-state index contributed by atoms with van der Waals surface area (Å²) in [6.07, 6.45) is 4.05. The van der Waals surface area contributed by atoms with E-state index >= 15 is 0 Å². The molecule has 0 spiro atoms. The topological polar surface area (TPSA) is 80.9 Å². The van der Waals surface area contributed by atoms with Crippen LogP contribution in [0.5, 0.6) is 0 Å². The molecule has 0 aliphatic heterocycles. The highest BCUT2D eigenvalue weighted by Crippen LogP contribution is 2.13. The molecule has 4 N–H and O–H groups in total. The highest BCUT2D eigenvalue weighted by molar-refractivity contribution is 5.15. The molecule has 0 saturated carbocycles. The normalized spacial score (nSPS) is 14.9. The zero-order valence-corrected chi connectivity index (χ0v) is 18.5. The summed E-state index contributed by atoms with van der Waals surface area (Å²) in [5.74, 6) is 0. The predicted molar refractivity (Wildman–Crippen MR) is 123 cm³/mol. The molecule has 0 aliphatic rings. The van der Waals surface area contributed by atoms with Gasteiger partial charge in [0.15, 0.2) is 0 Å². The van der Waals surface area contributed by atoms with Crippen LogP contribution in [0, 0.1) is 0 Å². The number of hydrogen-bond donors (Lipinski definition) is 4. The monoisotopic (exact) mass is 416 g/mol. The Morgan fingerprint density at radius 3 is 1.20 bits per heavy atom. The van der Waals surface area contributed by atoms with Gasteiger partial charge >= 0.3 is 0 Å². The Morgan fingerprint density at radius 1 is 0.533 bits per heavy atom. The Hall–Kier alpha value is -1.72. The van der Waals surface area contributed by atoms with Gasteiger partial charge in [-0.1, -0.05) is 74.5 Å². The Kier molecular flexibility index (Phi) is 14.1. The third kappa shape index (κ3) is 12.8. The second-order valence-electron chi connectivity index (χ2n) is 7.95. The van der Waals surface area contributed by atoms with Crippen LogP contribution in [0.15, 0.2) is 60.7 Å². The summed E-state index contributed by atoms with van der Waals surface area (Å²) in [5, 5.41) is 38.0. The lowest BCUT2D eigenvalue weighted by molar-refractivity contribution is 0.0713. The summed E-state index contributed by atoms with van der Waals surface area (Å²) in [5.41, 5.74) is 2.46. The molecule has 4 atom stereocenters. The van der Waals surface area contributed by atoms with Gasteiger partial charge in [0.05, 0.1) is 24.4 Å². The van der Waals surface area contributed by atoms with Gasteiger partial charge in [0.2, 0.25) is 0 Å². The third-order valence-corrected chi connectivity index (χ3v) is 5.25. The van der Waals surface area contributed by atoms with Crippen LogP contribution in [0.25, 0.3) is 0 Å². The van der Waals surface area contributed by atoms with Crippen LogP contribution >= 0.6 is 0 Å². The number of benzene rings is 2. The number of hydrogen-bond acceptors (Lipinski definition) is 4. The maximum absolute atomic E-state index is 10.0. The van der Waals surface area contributed by atoms with E-state index < -0.39 is 12.2 Å². The Morgan fingerprint density at radius 2 is 0.867 bits per heavy atom. The van der Waals surface area contributed by atoms with Gasteiger partial charge in [-0.25, -0.2) is 0 Å². The van der Waals surface area contributed by atoms with Gasteiger partial charge in [-0.2, -0.15) is 0 Å². The highest BCUT2D eigenvalue weighted by atomic mass is 16.3. The van der Waals surface area contributed by atoms with Gasteiger partial charge in [0.1, 0.15) is 0 Å². The van der Waals surface area contributed by atoms with E-state index in [0.717, 1.165) is 25.7 Å². The van der Waals surface area contributed by atoms with Gasteiger partial charge in [-0.3, -0.25) is 0 Å². The molecule has 2 aromatic carbocycles. The van der Waals surface area contributed by atoms with E-state index in [1.165, 1.54) is 11.1 Å². The van der Waals surface area contributed by atoms with Gasteiger partial charge in [-0.05, 0) is 62.5 Å². The zero-order chi connectivity index (χ0) is 22.2. The van der Waals surface area contributed by atoms with Crippen LogP contribution in [0.4, 0.5) is 0 Å². The summed E-state index contributed by atoms with van der Waals surface area (Å²) in [7, 11) is 0. The van der Waals surface area contributed by atoms with Crippen molar-refractivity contribution in [1.29, 1.82) is 0 Å². The molecule has 0 heterocycles. The average Bonchev–Trinajstić information content (AvgIpc) is 2.78. The molecule has 0 saturated heterocycles. The van der Waals surface area contributed by atoms with Crippen molar-refractivity contribution in [3.8, 4) is 0 Å². The van der Waals surface area contributed by atoms with Crippen molar-refractivity contribution < 1.29 is 20.4 Å². The minimum Gasteiger partial charge on any atom is -0.393 e. The van der Waals surface area contributed by atoms with Crippen LogP contribution in [0.3, 0.4) is 0 Å².